The number of hydrogen-bond donors (Lipinski definition) is 0. The van der Waals surface area contributed by atoms with Crippen molar-refractivity contribution in [1.82, 2.24) is 24.4 Å². The van der Waals surface area contributed by atoms with Crippen molar-refractivity contribution in [1.29, 1.82) is 0 Å². The molecular weight excluding hydrogens is 356 g/mol. The molecule has 8 heteroatoms. The molecule has 0 atom stereocenters. The maximum atomic E-state index is 12.4. The van der Waals surface area contributed by atoms with E-state index in [1.807, 2.05) is 35.0 Å². The lowest BCUT2D eigenvalue weighted by Gasteiger charge is -2.31. The van der Waals surface area contributed by atoms with Crippen molar-refractivity contribution in [3.8, 4) is 0 Å². The van der Waals surface area contributed by atoms with Gasteiger partial charge in [-0.2, -0.15) is 0 Å². The molecule has 0 radical (unpaired) electrons. The van der Waals surface area contributed by atoms with E-state index in [4.69, 9.17) is 9.72 Å². The number of carbonyl (C=O) groups excluding carboxylic acids is 1. The van der Waals surface area contributed by atoms with Crippen molar-refractivity contribution in [3.05, 3.63) is 36.3 Å². The molecule has 0 spiro atoms. The fourth-order valence-electron chi connectivity index (χ4n) is 3.93. The second-order valence-electron chi connectivity index (χ2n) is 7.57. The Kier molecular flexibility index (Phi) is 5.85. The minimum atomic E-state index is 0.0411. The number of aromatic nitrogens is 4. The maximum Gasteiger partial charge on any atom is 0.248 e. The molecule has 150 valence electrons. The van der Waals surface area contributed by atoms with Crippen LogP contribution in [-0.2, 0) is 23.2 Å². The van der Waals surface area contributed by atoms with Crippen molar-refractivity contribution < 1.29 is 9.53 Å². The molecule has 1 amide bonds. The fraction of sp³-hybridized carbons (Fsp3) is 0.600. The predicted octanol–water partition coefficient (Wildman–Crippen LogP) is 1.73. The van der Waals surface area contributed by atoms with Gasteiger partial charge in [-0.05, 0) is 31.7 Å². The van der Waals surface area contributed by atoms with Gasteiger partial charge in [0.05, 0.1) is 0 Å². The standard InChI is InChI=1S/C20H28N6O2/c1-24-13-8-21-18(24)14-28-15-19(27)26-11-5-16(6-12-26)20-22-7-4-17(23-20)25-9-2-3-10-25/h4,7-8,13,16H,2-3,5-6,9-12,14-15H2,1H3. The van der Waals surface area contributed by atoms with Gasteiger partial charge in [0.1, 0.15) is 30.7 Å². The number of amides is 1. The molecule has 0 bridgehead atoms. The number of piperidine rings is 1. The Morgan fingerprint density at radius 3 is 2.64 bits per heavy atom. The topological polar surface area (TPSA) is 76.4 Å². The van der Waals surface area contributed by atoms with Crippen LogP contribution in [0.15, 0.2) is 24.7 Å². The second-order valence-corrected chi connectivity index (χ2v) is 7.57. The highest BCUT2D eigenvalue weighted by Crippen LogP contribution is 2.27. The summed E-state index contributed by atoms with van der Waals surface area (Å²) in [5, 5.41) is 0. The summed E-state index contributed by atoms with van der Waals surface area (Å²) < 4.78 is 7.45. The molecule has 0 unspecified atom stereocenters. The van der Waals surface area contributed by atoms with Crippen molar-refractivity contribution in [2.75, 3.05) is 37.7 Å². The van der Waals surface area contributed by atoms with Crippen molar-refractivity contribution in [2.45, 2.75) is 38.2 Å². The molecule has 2 aromatic rings. The number of aryl methyl sites for hydroxylation is 1. The van der Waals surface area contributed by atoms with Gasteiger partial charge in [-0.3, -0.25) is 4.79 Å². The van der Waals surface area contributed by atoms with Crippen LogP contribution in [0.2, 0.25) is 0 Å². The molecule has 4 heterocycles. The van der Waals surface area contributed by atoms with Crippen LogP contribution in [0.25, 0.3) is 0 Å². The zero-order valence-corrected chi connectivity index (χ0v) is 16.5. The number of carbonyl (C=O) groups is 1. The summed E-state index contributed by atoms with van der Waals surface area (Å²) in [6.45, 7) is 4.07. The fourth-order valence-corrected chi connectivity index (χ4v) is 3.93. The number of imidazole rings is 1. The SMILES string of the molecule is Cn1ccnc1COCC(=O)N1CCC(c2nccc(N3CCCC3)n2)CC1. The van der Waals surface area contributed by atoms with Crippen LogP contribution in [0.4, 0.5) is 5.82 Å². The van der Waals surface area contributed by atoms with Crippen LogP contribution < -0.4 is 4.90 Å². The van der Waals surface area contributed by atoms with Crippen molar-refractivity contribution >= 4 is 11.7 Å². The smallest absolute Gasteiger partial charge is 0.248 e. The van der Waals surface area contributed by atoms with Gasteiger partial charge in [-0.1, -0.05) is 0 Å². The van der Waals surface area contributed by atoms with Gasteiger partial charge in [0.15, 0.2) is 0 Å². The van der Waals surface area contributed by atoms with E-state index in [9.17, 15) is 4.79 Å². The Morgan fingerprint density at radius 1 is 1.14 bits per heavy atom. The normalized spacial score (nSPS) is 18.0. The number of ether oxygens (including phenoxy) is 1. The molecule has 28 heavy (non-hydrogen) atoms. The highest BCUT2D eigenvalue weighted by atomic mass is 16.5. The summed E-state index contributed by atoms with van der Waals surface area (Å²) in [6.07, 6.45) is 9.74. The summed E-state index contributed by atoms with van der Waals surface area (Å²) in [4.78, 5) is 30.2. The first kappa shape index (κ1) is 18.9. The van der Waals surface area contributed by atoms with Gasteiger partial charge in [0, 0.05) is 57.7 Å². The molecule has 2 saturated heterocycles. The third kappa shape index (κ3) is 4.32. The number of likely N-dealkylation sites (tertiary alicyclic amines) is 1. The molecule has 4 rings (SSSR count). The molecule has 8 nitrogen and oxygen atoms in total. The summed E-state index contributed by atoms with van der Waals surface area (Å²) >= 11 is 0. The summed E-state index contributed by atoms with van der Waals surface area (Å²) in [5.41, 5.74) is 0. The van der Waals surface area contributed by atoms with Crippen molar-refractivity contribution in [2.24, 2.45) is 7.05 Å². The quantitative estimate of drug-likeness (QED) is 0.755. The van der Waals surface area contributed by atoms with Gasteiger partial charge in [0.2, 0.25) is 5.91 Å². The summed E-state index contributed by atoms with van der Waals surface area (Å²) in [7, 11) is 1.92. The van der Waals surface area contributed by atoms with Crippen LogP contribution in [0, 0.1) is 0 Å². The van der Waals surface area contributed by atoms with Crippen molar-refractivity contribution in [3.63, 3.8) is 0 Å². The minimum absolute atomic E-state index is 0.0411. The molecule has 0 aromatic carbocycles. The van der Waals surface area contributed by atoms with Gasteiger partial charge in [-0.15, -0.1) is 0 Å². The zero-order chi connectivity index (χ0) is 19.3. The van der Waals surface area contributed by atoms with E-state index in [-0.39, 0.29) is 12.5 Å². The van der Waals surface area contributed by atoms with Gasteiger partial charge < -0.3 is 19.1 Å². The lowest BCUT2D eigenvalue weighted by Crippen LogP contribution is -2.40. The Bertz CT molecular complexity index is 793. The third-order valence-electron chi connectivity index (χ3n) is 5.68. The van der Waals surface area contributed by atoms with E-state index in [2.05, 4.69) is 14.9 Å². The van der Waals surface area contributed by atoms with Gasteiger partial charge >= 0.3 is 0 Å². The van der Waals surface area contributed by atoms with Gasteiger partial charge in [-0.25, -0.2) is 15.0 Å². The minimum Gasteiger partial charge on any atom is -0.364 e. The van der Waals surface area contributed by atoms with Crippen LogP contribution in [0.5, 0.6) is 0 Å². The Labute approximate surface area is 165 Å². The highest BCUT2D eigenvalue weighted by molar-refractivity contribution is 5.77. The Hall–Kier alpha value is -2.48. The van der Waals surface area contributed by atoms with Gasteiger partial charge in [0.25, 0.3) is 0 Å². The van der Waals surface area contributed by atoms with E-state index in [1.165, 1.54) is 12.8 Å². The van der Waals surface area contributed by atoms with E-state index in [1.54, 1.807) is 6.20 Å². The maximum absolute atomic E-state index is 12.4. The molecule has 2 aliphatic heterocycles. The average molecular weight is 384 g/mol. The number of rotatable bonds is 6. The molecule has 0 aliphatic carbocycles. The lowest BCUT2D eigenvalue weighted by molar-refractivity contribution is -0.137. The third-order valence-corrected chi connectivity index (χ3v) is 5.68. The van der Waals surface area contributed by atoms with Crippen LogP contribution >= 0.6 is 0 Å². The molecule has 2 aliphatic rings. The Morgan fingerprint density at radius 2 is 1.93 bits per heavy atom. The first-order valence-electron chi connectivity index (χ1n) is 10.1. The zero-order valence-electron chi connectivity index (χ0n) is 16.5. The van der Waals surface area contributed by atoms with E-state index < -0.39 is 0 Å². The van der Waals surface area contributed by atoms with Crippen LogP contribution in [0.1, 0.15) is 43.3 Å². The molecule has 2 fully saturated rings. The first-order valence-corrected chi connectivity index (χ1v) is 10.1. The number of anilines is 1. The van der Waals surface area contributed by atoms with E-state index in [0.717, 1.165) is 56.5 Å². The monoisotopic (exact) mass is 384 g/mol. The van der Waals surface area contributed by atoms with E-state index >= 15 is 0 Å². The predicted molar refractivity (Wildman–Crippen MR) is 105 cm³/mol. The molecule has 2 aromatic heterocycles. The van der Waals surface area contributed by atoms with E-state index in [0.29, 0.717) is 12.5 Å². The first-order chi connectivity index (χ1) is 13.7. The summed E-state index contributed by atoms with van der Waals surface area (Å²) in [5.74, 6) is 3.15. The molecule has 0 saturated carbocycles. The van der Waals surface area contributed by atoms with Crippen LogP contribution in [0.3, 0.4) is 0 Å². The second kappa shape index (κ2) is 8.68. The number of nitrogens with zero attached hydrogens (tertiary/aromatic N) is 6. The van der Waals surface area contributed by atoms with Crippen LogP contribution in [-0.4, -0.2) is 63.1 Å². The lowest BCUT2D eigenvalue weighted by atomic mass is 9.96. The average Bonchev–Trinajstić information content (AvgIpc) is 3.41. The molecular formula is C20H28N6O2. The largest absolute Gasteiger partial charge is 0.364 e. The number of hydrogen-bond acceptors (Lipinski definition) is 6. The Balaban J connectivity index is 1.25. The molecule has 0 N–H and O–H groups in total. The summed E-state index contributed by atoms with van der Waals surface area (Å²) in [6, 6.07) is 2.01. The highest BCUT2D eigenvalue weighted by Gasteiger charge is 2.26.